The second-order valence-electron chi connectivity index (χ2n) is 20.3. The molecule has 0 saturated heterocycles. The molecule has 0 aliphatic heterocycles. The normalized spacial score (nSPS) is 12.7. The van der Waals surface area contributed by atoms with Crippen LogP contribution in [0.1, 0.15) is 322 Å². The summed E-state index contributed by atoms with van der Waals surface area (Å²) >= 11 is 0. The van der Waals surface area contributed by atoms with Gasteiger partial charge in [0.05, 0.1) is 25.4 Å². The van der Waals surface area contributed by atoms with Crippen molar-refractivity contribution in [2.45, 2.75) is 334 Å². The molecule has 2 atom stereocenters. The molecular formula is C60H115NO5. The molecule has 3 N–H and O–H groups in total. The molecule has 0 fully saturated rings. The maximum absolute atomic E-state index is 12.5. The lowest BCUT2D eigenvalue weighted by Gasteiger charge is -2.22. The maximum Gasteiger partial charge on any atom is 0.305 e. The number of nitrogens with one attached hydrogen (secondary N) is 1. The Bertz CT molecular complexity index is 1030. The molecule has 390 valence electrons. The third kappa shape index (κ3) is 51.7. The zero-order chi connectivity index (χ0) is 47.9. The van der Waals surface area contributed by atoms with Crippen molar-refractivity contribution in [3.8, 4) is 0 Å². The maximum atomic E-state index is 12.5. The van der Waals surface area contributed by atoms with E-state index in [4.69, 9.17) is 4.74 Å². The molecule has 0 heterocycles. The molecule has 0 aliphatic carbocycles. The Morgan fingerprint density at radius 3 is 1.21 bits per heavy atom. The summed E-state index contributed by atoms with van der Waals surface area (Å²) in [6.07, 6.45) is 67.5. The summed E-state index contributed by atoms with van der Waals surface area (Å²) in [5.74, 6) is -0.0360. The van der Waals surface area contributed by atoms with Crippen LogP contribution >= 0.6 is 0 Å². The average molecular weight is 931 g/mol. The minimum atomic E-state index is -0.664. The first-order chi connectivity index (χ1) is 32.5. The van der Waals surface area contributed by atoms with E-state index >= 15 is 0 Å². The number of hydrogen-bond acceptors (Lipinski definition) is 5. The monoisotopic (exact) mass is 930 g/mol. The number of aliphatic hydroxyl groups is 2. The fourth-order valence-corrected chi connectivity index (χ4v) is 9.21. The second kappa shape index (κ2) is 55.9. The predicted molar refractivity (Wildman–Crippen MR) is 287 cm³/mol. The van der Waals surface area contributed by atoms with Crippen molar-refractivity contribution >= 4 is 11.9 Å². The summed E-state index contributed by atoms with van der Waals surface area (Å²) in [7, 11) is 0. The molecule has 0 bridgehead atoms. The summed E-state index contributed by atoms with van der Waals surface area (Å²) in [6, 6.07) is -0.541. The highest BCUT2D eigenvalue weighted by atomic mass is 16.5. The van der Waals surface area contributed by atoms with E-state index in [1.54, 1.807) is 0 Å². The second-order valence-corrected chi connectivity index (χ2v) is 20.3. The number of carbonyl (C=O) groups is 2. The van der Waals surface area contributed by atoms with E-state index in [0.29, 0.717) is 25.9 Å². The van der Waals surface area contributed by atoms with Crippen LogP contribution in [0.5, 0.6) is 0 Å². The Labute approximate surface area is 411 Å². The first kappa shape index (κ1) is 64.3. The van der Waals surface area contributed by atoms with Crippen LogP contribution in [0, 0.1) is 0 Å². The van der Waals surface area contributed by atoms with Gasteiger partial charge < -0.3 is 20.3 Å². The third-order valence-corrected chi connectivity index (χ3v) is 13.7. The van der Waals surface area contributed by atoms with Gasteiger partial charge in [0.15, 0.2) is 0 Å². The number of hydrogen-bond donors (Lipinski definition) is 3. The van der Waals surface area contributed by atoms with Gasteiger partial charge >= 0.3 is 5.97 Å². The van der Waals surface area contributed by atoms with E-state index in [0.717, 1.165) is 51.4 Å². The fraction of sp³-hybridized carbons (Fsp3) is 0.900. The smallest absolute Gasteiger partial charge is 0.305 e. The molecular weight excluding hydrogens is 815 g/mol. The number of allylic oxidation sites excluding steroid dienone is 4. The van der Waals surface area contributed by atoms with E-state index < -0.39 is 12.1 Å². The molecule has 0 aromatic heterocycles. The SMILES string of the molecule is CCC/C=C\C/C=C\CCCCCCCC(=O)OCCCCCCCCCCCCCCCCCCCCCCCCC(=O)NC(CO)C(O)CCCCCCCCCCCCCCCC. The Hall–Kier alpha value is -1.66. The molecule has 0 rings (SSSR count). The van der Waals surface area contributed by atoms with E-state index in [-0.39, 0.29) is 18.5 Å². The average Bonchev–Trinajstić information content (AvgIpc) is 3.32. The van der Waals surface area contributed by atoms with Crippen LogP contribution in [0.25, 0.3) is 0 Å². The van der Waals surface area contributed by atoms with Gasteiger partial charge in [-0.05, 0) is 51.4 Å². The number of esters is 1. The fourth-order valence-electron chi connectivity index (χ4n) is 9.21. The number of rotatable bonds is 55. The van der Waals surface area contributed by atoms with Crippen LogP contribution in [0.2, 0.25) is 0 Å². The van der Waals surface area contributed by atoms with Gasteiger partial charge in [-0.15, -0.1) is 0 Å². The van der Waals surface area contributed by atoms with Crippen molar-refractivity contribution in [1.82, 2.24) is 5.32 Å². The summed E-state index contributed by atoms with van der Waals surface area (Å²) < 4.78 is 5.47. The molecule has 0 aromatic carbocycles. The molecule has 0 spiro atoms. The lowest BCUT2D eigenvalue weighted by molar-refractivity contribution is -0.143. The number of aliphatic hydroxyl groups excluding tert-OH is 2. The van der Waals surface area contributed by atoms with Crippen molar-refractivity contribution in [3.05, 3.63) is 24.3 Å². The first-order valence-electron chi connectivity index (χ1n) is 29.6. The summed E-state index contributed by atoms with van der Waals surface area (Å²) in [4.78, 5) is 24.5. The van der Waals surface area contributed by atoms with Crippen LogP contribution in [0.3, 0.4) is 0 Å². The van der Waals surface area contributed by atoms with Crippen molar-refractivity contribution in [1.29, 1.82) is 0 Å². The van der Waals surface area contributed by atoms with E-state index in [2.05, 4.69) is 43.5 Å². The lowest BCUT2D eigenvalue weighted by Crippen LogP contribution is -2.45. The molecule has 1 amide bonds. The predicted octanol–water partition coefficient (Wildman–Crippen LogP) is 18.2. The molecule has 0 radical (unpaired) electrons. The number of amides is 1. The highest BCUT2D eigenvalue weighted by Gasteiger charge is 2.20. The Kier molecular flexibility index (Phi) is 54.5. The van der Waals surface area contributed by atoms with Gasteiger partial charge in [-0.25, -0.2) is 0 Å². The summed E-state index contributed by atoms with van der Waals surface area (Å²) in [5.41, 5.74) is 0. The van der Waals surface area contributed by atoms with Crippen LogP contribution in [-0.4, -0.2) is 47.4 Å². The Balaban J connectivity index is 3.38. The van der Waals surface area contributed by atoms with Gasteiger partial charge in [0, 0.05) is 12.8 Å². The molecule has 6 heteroatoms. The number of unbranched alkanes of at least 4 members (excludes halogenated alkanes) is 40. The molecule has 2 unspecified atom stereocenters. The van der Waals surface area contributed by atoms with Gasteiger partial charge in [-0.2, -0.15) is 0 Å². The van der Waals surface area contributed by atoms with Gasteiger partial charge in [0.25, 0.3) is 0 Å². The standard InChI is InChI=1S/C60H115NO5/c1-3-5-7-9-11-13-15-17-29-32-36-40-44-48-52-58(63)57(56-62)61-59(64)53-49-45-41-37-33-30-26-24-22-20-18-19-21-23-25-27-31-35-39-43-47-51-55-66-60(65)54-50-46-42-38-34-28-16-14-12-10-8-6-4-2/h8,10,14,16,57-58,62-63H,3-7,9,11-13,15,17-56H2,1-2H3,(H,61,64)/b10-8-,16-14-. The van der Waals surface area contributed by atoms with E-state index in [1.807, 2.05) is 0 Å². The first-order valence-corrected chi connectivity index (χ1v) is 29.6. The lowest BCUT2D eigenvalue weighted by atomic mass is 10.0. The number of carbonyl (C=O) groups excluding carboxylic acids is 2. The van der Waals surface area contributed by atoms with Crippen LogP contribution < -0.4 is 5.32 Å². The van der Waals surface area contributed by atoms with E-state index in [1.165, 1.54) is 238 Å². The summed E-state index contributed by atoms with van der Waals surface area (Å²) in [5, 5.41) is 23.3. The summed E-state index contributed by atoms with van der Waals surface area (Å²) in [6.45, 7) is 4.89. The van der Waals surface area contributed by atoms with Gasteiger partial charge in [0.1, 0.15) is 0 Å². The third-order valence-electron chi connectivity index (χ3n) is 13.7. The number of ether oxygens (including phenoxy) is 1. The molecule has 0 saturated carbocycles. The van der Waals surface area contributed by atoms with Crippen LogP contribution in [0.4, 0.5) is 0 Å². The highest BCUT2D eigenvalue weighted by molar-refractivity contribution is 5.76. The minimum absolute atomic E-state index is 0.00192. The topological polar surface area (TPSA) is 95.9 Å². The van der Waals surface area contributed by atoms with Gasteiger partial charge in [-0.3, -0.25) is 9.59 Å². The van der Waals surface area contributed by atoms with Gasteiger partial charge in [-0.1, -0.05) is 282 Å². The van der Waals surface area contributed by atoms with Crippen molar-refractivity contribution < 1.29 is 24.5 Å². The van der Waals surface area contributed by atoms with Crippen molar-refractivity contribution in [2.75, 3.05) is 13.2 Å². The molecule has 0 aromatic rings. The van der Waals surface area contributed by atoms with Crippen molar-refractivity contribution in [2.24, 2.45) is 0 Å². The minimum Gasteiger partial charge on any atom is -0.466 e. The zero-order valence-electron chi connectivity index (χ0n) is 44.4. The van der Waals surface area contributed by atoms with Crippen LogP contribution in [-0.2, 0) is 14.3 Å². The molecule has 6 nitrogen and oxygen atoms in total. The Morgan fingerprint density at radius 2 is 0.788 bits per heavy atom. The Morgan fingerprint density at radius 1 is 0.424 bits per heavy atom. The molecule has 66 heavy (non-hydrogen) atoms. The zero-order valence-corrected chi connectivity index (χ0v) is 44.4. The largest absolute Gasteiger partial charge is 0.466 e. The van der Waals surface area contributed by atoms with E-state index in [9.17, 15) is 19.8 Å². The van der Waals surface area contributed by atoms with Crippen molar-refractivity contribution in [3.63, 3.8) is 0 Å². The quantitative estimate of drug-likeness (QED) is 0.0321. The molecule has 0 aliphatic rings. The van der Waals surface area contributed by atoms with Crippen LogP contribution in [0.15, 0.2) is 24.3 Å². The van der Waals surface area contributed by atoms with Gasteiger partial charge in [0.2, 0.25) is 5.91 Å². The highest BCUT2D eigenvalue weighted by Crippen LogP contribution is 2.18.